The Hall–Kier alpha value is -1.88. The van der Waals surface area contributed by atoms with Crippen LogP contribution in [-0.4, -0.2) is 14.5 Å². The van der Waals surface area contributed by atoms with Gasteiger partial charge in [-0.05, 0) is 32.4 Å². The molecule has 6 heteroatoms. The van der Waals surface area contributed by atoms with E-state index in [1.807, 2.05) is 13.8 Å². The van der Waals surface area contributed by atoms with Crippen molar-refractivity contribution in [1.82, 2.24) is 14.5 Å². The number of nitrogens with zero attached hydrogens (tertiary/aromatic N) is 2. The van der Waals surface area contributed by atoms with E-state index >= 15 is 0 Å². The molecular formula is C14H16ClN3O2. The average Bonchev–Trinajstić information content (AvgIpc) is 2.37. The minimum absolute atomic E-state index is 0.121. The molecule has 2 heterocycles. The van der Waals surface area contributed by atoms with Crippen LogP contribution >= 0.6 is 11.6 Å². The fraction of sp³-hybridized carbons (Fsp3) is 0.357. The van der Waals surface area contributed by atoms with Gasteiger partial charge in [-0.3, -0.25) is 14.8 Å². The molecule has 0 aliphatic heterocycles. The summed E-state index contributed by atoms with van der Waals surface area (Å²) in [4.78, 5) is 31.3. The number of hydrogen-bond acceptors (Lipinski definition) is 3. The Kier molecular flexibility index (Phi) is 4.09. The second-order valence-corrected chi connectivity index (χ2v) is 5.05. The van der Waals surface area contributed by atoms with Crippen molar-refractivity contribution in [3.63, 3.8) is 0 Å². The molecule has 2 rings (SSSR count). The van der Waals surface area contributed by atoms with Crippen LogP contribution in [0.15, 0.2) is 21.7 Å². The van der Waals surface area contributed by atoms with E-state index < -0.39 is 5.69 Å². The van der Waals surface area contributed by atoms with Gasteiger partial charge in [0.1, 0.15) is 5.15 Å². The predicted octanol–water partition coefficient (Wildman–Crippen LogP) is 2.14. The van der Waals surface area contributed by atoms with E-state index in [1.54, 1.807) is 19.1 Å². The summed E-state index contributed by atoms with van der Waals surface area (Å²) in [6, 6.07) is 3.49. The molecule has 0 spiro atoms. The topological polar surface area (TPSA) is 67.8 Å². The average molecular weight is 294 g/mol. The maximum absolute atomic E-state index is 12.5. The van der Waals surface area contributed by atoms with Crippen molar-refractivity contribution in [3.05, 3.63) is 55.1 Å². The largest absolute Gasteiger partial charge is 0.334 e. The SMILES string of the molecule is CCCc1c(Cl)[nH]c(=O)n(-c2ccc(C)nc2C)c1=O. The number of pyridine rings is 1. The van der Waals surface area contributed by atoms with Gasteiger partial charge in [0, 0.05) is 5.69 Å². The fourth-order valence-electron chi connectivity index (χ4n) is 2.15. The molecule has 0 aliphatic carbocycles. The van der Waals surface area contributed by atoms with E-state index in [9.17, 15) is 9.59 Å². The molecule has 0 atom stereocenters. The molecule has 0 bridgehead atoms. The minimum atomic E-state index is -0.548. The molecule has 0 unspecified atom stereocenters. The molecule has 0 amide bonds. The number of nitrogens with one attached hydrogen (secondary N) is 1. The number of halogens is 1. The molecule has 0 saturated heterocycles. The molecule has 1 N–H and O–H groups in total. The highest BCUT2D eigenvalue weighted by atomic mass is 35.5. The normalized spacial score (nSPS) is 10.8. The lowest BCUT2D eigenvalue weighted by Gasteiger charge is -2.10. The zero-order chi connectivity index (χ0) is 14.9. The molecular weight excluding hydrogens is 278 g/mol. The summed E-state index contributed by atoms with van der Waals surface area (Å²) in [5, 5.41) is 0.121. The van der Waals surface area contributed by atoms with Crippen LogP contribution in [-0.2, 0) is 6.42 Å². The molecule has 20 heavy (non-hydrogen) atoms. The number of aromatic amines is 1. The van der Waals surface area contributed by atoms with Gasteiger partial charge in [0.15, 0.2) is 0 Å². The molecule has 0 aliphatic rings. The summed E-state index contributed by atoms with van der Waals surface area (Å²) in [5.74, 6) is 0. The van der Waals surface area contributed by atoms with E-state index in [-0.39, 0.29) is 10.7 Å². The van der Waals surface area contributed by atoms with Crippen molar-refractivity contribution in [1.29, 1.82) is 0 Å². The lowest BCUT2D eigenvalue weighted by atomic mass is 10.2. The highest BCUT2D eigenvalue weighted by Crippen LogP contribution is 2.12. The second kappa shape index (κ2) is 5.63. The minimum Gasteiger partial charge on any atom is -0.297 e. The van der Waals surface area contributed by atoms with Gasteiger partial charge in [0.2, 0.25) is 0 Å². The highest BCUT2D eigenvalue weighted by Gasteiger charge is 2.15. The Balaban J connectivity index is 2.77. The smallest absolute Gasteiger partial charge is 0.297 e. The van der Waals surface area contributed by atoms with Crippen LogP contribution in [0, 0.1) is 13.8 Å². The standard InChI is InChI=1S/C14H16ClN3O2/c1-4-5-10-12(15)17-14(20)18(13(10)19)11-7-6-8(2)16-9(11)3/h6-7H,4-5H2,1-3H3,(H,17,20). The molecule has 0 saturated carbocycles. The Morgan fingerprint density at radius 3 is 2.60 bits per heavy atom. The zero-order valence-corrected chi connectivity index (χ0v) is 12.4. The van der Waals surface area contributed by atoms with Crippen molar-refractivity contribution < 1.29 is 0 Å². The summed E-state index contributed by atoms with van der Waals surface area (Å²) in [6.07, 6.45) is 1.29. The van der Waals surface area contributed by atoms with E-state index in [2.05, 4.69) is 9.97 Å². The molecule has 0 fully saturated rings. The Morgan fingerprint density at radius 2 is 2.00 bits per heavy atom. The summed E-state index contributed by atoms with van der Waals surface area (Å²) in [5.41, 5.74) is 1.44. The Morgan fingerprint density at radius 1 is 1.30 bits per heavy atom. The van der Waals surface area contributed by atoms with Crippen LogP contribution in [0.3, 0.4) is 0 Å². The van der Waals surface area contributed by atoms with Gasteiger partial charge in [-0.1, -0.05) is 24.9 Å². The molecule has 0 aromatic carbocycles. The monoisotopic (exact) mass is 293 g/mol. The Bertz CT molecular complexity index is 762. The molecule has 5 nitrogen and oxygen atoms in total. The van der Waals surface area contributed by atoms with Crippen LogP contribution in [0.5, 0.6) is 0 Å². The summed E-state index contributed by atoms with van der Waals surface area (Å²) < 4.78 is 1.10. The van der Waals surface area contributed by atoms with E-state index in [4.69, 9.17) is 11.6 Å². The van der Waals surface area contributed by atoms with Crippen molar-refractivity contribution in [2.45, 2.75) is 33.6 Å². The number of hydrogen-bond donors (Lipinski definition) is 1. The van der Waals surface area contributed by atoms with E-state index in [0.29, 0.717) is 23.4 Å². The molecule has 0 radical (unpaired) electrons. The number of rotatable bonds is 3. The first-order chi connectivity index (χ1) is 9.45. The molecule has 2 aromatic heterocycles. The van der Waals surface area contributed by atoms with Gasteiger partial charge in [0.25, 0.3) is 5.56 Å². The number of H-pyrrole nitrogens is 1. The van der Waals surface area contributed by atoms with Crippen molar-refractivity contribution in [3.8, 4) is 5.69 Å². The van der Waals surface area contributed by atoms with Crippen molar-refractivity contribution >= 4 is 11.6 Å². The number of aryl methyl sites for hydroxylation is 2. The van der Waals surface area contributed by atoms with Crippen LogP contribution in [0.2, 0.25) is 5.15 Å². The first kappa shape index (κ1) is 14.5. The maximum atomic E-state index is 12.5. The quantitative estimate of drug-likeness (QED) is 0.882. The second-order valence-electron chi connectivity index (χ2n) is 4.67. The first-order valence-electron chi connectivity index (χ1n) is 6.44. The first-order valence-corrected chi connectivity index (χ1v) is 6.81. The third kappa shape index (κ3) is 2.54. The third-order valence-corrected chi connectivity index (χ3v) is 3.41. The maximum Gasteiger partial charge on any atom is 0.334 e. The van der Waals surface area contributed by atoms with Crippen LogP contribution in [0.4, 0.5) is 0 Å². The number of aromatic nitrogens is 3. The summed E-state index contributed by atoms with van der Waals surface area (Å²) in [7, 11) is 0. The lowest BCUT2D eigenvalue weighted by molar-refractivity contribution is 0.803. The van der Waals surface area contributed by atoms with Crippen LogP contribution in [0.1, 0.15) is 30.3 Å². The van der Waals surface area contributed by atoms with Gasteiger partial charge in [-0.2, -0.15) is 0 Å². The van der Waals surface area contributed by atoms with Crippen molar-refractivity contribution in [2.75, 3.05) is 0 Å². The van der Waals surface area contributed by atoms with Crippen molar-refractivity contribution in [2.24, 2.45) is 0 Å². The summed E-state index contributed by atoms with van der Waals surface area (Å²) in [6.45, 7) is 5.57. The third-order valence-electron chi connectivity index (χ3n) is 3.08. The van der Waals surface area contributed by atoms with E-state index in [0.717, 1.165) is 16.7 Å². The van der Waals surface area contributed by atoms with E-state index in [1.165, 1.54) is 0 Å². The van der Waals surface area contributed by atoms with Crippen LogP contribution < -0.4 is 11.2 Å². The zero-order valence-electron chi connectivity index (χ0n) is 11.7. The van der Waals surface area contributed by atoms with Gasteiger partial charge in [0.05, 0.1) is 16.9 Å². The van der Waals surface area contributed by atoms with Crippen LogP contribution in [0.25, 0.3) is 5.69 Å². The fourth-order valence-corrected chi connectivity index (χ4v) is 2.40. The lowest BCUT2D eigenvalue weighted by Crippen LogP contribution is -2.36. The van der Waals surface area contributed by atoms with Gasteiger partial charge in [-0.25, -0.2) is 9.36 Å². The Labute approximate surface area is 121 Å². The molecule has 106 valence electrons. The van der Waals surface area contributed by atoms with Gasteiger partial charge in [-0.15, -0.1) is 0 Å². The van der Waals surface area contributed by atoms with Gasteiger partial charge < -0.3 is 0 Å². The summed E-state index contributed by atoms with van der Waals surface area (Å²) >= 11 is 5.95. The molecule has 2 aromatic rings. The van der Waals surface area contributed by atoms with Gasteiger partial charge >= 0.3 is 5.69 Å². The highest BCUT2D eigenvalue weighted by molar-refractivity contribution is 6.30. The predicted molar refractivity (Wildman–Crippen MR) is 78.9 cm³/mol.